The lowest BCUT2D eigenvalue weighted by Gasteiger charge is -2.36. The van der Waals surface area contributed by atoms with Crippen LogP contribution in [0.2, 0.25) is 0 Å². The Morgan fingerprint density at radius 3 is 2.90 bits per heavy atom. The lowest BCUT2D eigenvalue weighted by Crippen LogP contribution is -2.59. The number of terminal acetylenes is 1. The first-order chi connectivity index (χ1) is 9.50. The fourth-order valence-corrected chi connectivity index (χ4v) is 3.05. The highest BCUT2D eigenvalue weighted by molar-refractivity contribution is 7.99. The number of amides is 2. The molecule has 2 atom stereocenters. The van der Waals surface area contributed by atoms with Crippen molar-refractivity contribution in [2.75, 3.05) is 18.1 Å². The largest absolute Gasteiger partial charge is 0.480 e. The third-order valence-electron chi connectivity index (χ3n) is 3.48. The molecule has 1 aliphatic rings. The van der Waals surface area contributed by atoms with Crippen LogP contribution in [0, 0.1) is 18.3 Å². The van der Waals surface area contributed by atoms with E-state index in [1.165, 1.54) is 0 Å². The van der Waals surface area contributed by atoms with Crippen LogP contribution in [0.1, 0.15) is 32.6 Å². The Bertz CT molecular complexity index is 394. The van der Waals surface area contributed by atoms with Gasteiger partial charge in [0, 0.05) is 12.3 Å². The summed E-state index contributed by atoms with van der Waals surface area (Å²) in [4.78, 5) is 23.3. The third-order valence-corrected chi connectivity index (χ3v) is 4.34. The maximum atomic E-state index is 11.8. The number of urea groups is 1. The molecule has 2 unspecified atom stereocenters. The highest BCUT2D eigenvalue weighted by Gasteiger charge is 2.43. The number of hydrogen-bond acceptors (Lipinski definition) is 3. The average Bonchev–Trinajstić information content (AvgIpc) is 2.38. The molecule has 1 rings (SSSR count). The van der Waals surface area contributed by atoms with Gasteiger partial charge >= 0.3 is 12.0 Å². The molecule has 3 N–H and O–H groups in total. The number of hydrogen-bond donors (Lipinski definition) is 3. The molecule has 1 aliphatic carbocycles. The van der Waals surface area contributed by atoms with E-state index in [0.29, 0.717) is 36.8 Å². The highest BCUT2D eigenvalue weighted by atomic mass is 32.2. The Labute approximate surface area is 124 Å². The molecule has 1 saturated carbocycles. The molecule has 0 bridgehead atoms. The van der Waals surface area contributed by atoms with Gasteiger partial charge in [-0.25, -0.2) is 9.59 Å². The van der Waals surface area contributed by atoms with E-state index in [2.05, 4.69) is 16.6 Å². The second-order valence-corrected chi connectivity index (χ2v) is 6.33. The van der Waals surface area contributed by atoms with Crippen molar-refractivity contribution in [3.63, 3.8) is 0 Å². The molecule has 0 heterocycles. The summed E-state index contributed by atoms with van der Waals surface area (Å²) in [6.45, 7) is 2.50. The van der Waals surface area contributed by atoms with Gasteiger partial charge in [0.1, 0.15) is 5.54 Å². The maximum Gasteiger partial charge on any atom is 0.329 e. The van der Waals surface area contributed by atoms with E-state index in [-0.39, 0.29) is 0 Å². The number of carboxylic acid groups (broad SMARTS) is 1. The van der Waals surface area contributed by atoms with Crippen molar-refractivity contribution in [2.24, 2.45) is 5.92 Å². The fraction of sp³-hybridized carbons (Fsp3) is 0.714. The lowest BCUT2D eigenvalue weighted by atomic mass is 9.76. The minimum atomic E-state index is -1.12. The minimum Gasteiger partial charge on any atom is -0.480 e. The molecule has 0 aromatic rings. The van der Waals surface area contributed by atoms with E-state index in [0.717, 1.165) is 12.8 Å². The number of carbonyl (C=O) groups excluding carboxylic acids is 1. The maximum absolute atomic E-state index is 11.8. The monoisotopic (exact) mass is 298 g/mol. The van der Waals surface area contributed by atoms with E-state index in [1.807, 2.05) is 6.92 Å². The van der Waals surface area contributed by atoms with Crippen LogP contribution in [-0.2, 0) is 4.79 Å². The van der Waals surface area contributed by atoms with Crippen molar-refractivity contribution in [1.29, 1.82) is 0 Å². The van der Waals surface area contributed by atoms with Gasteiger partial charge in [0.05, 0.1) is 5.75 Å². The van der Waals surface area contributed by atoms with Gasteiger partial charge in [0.15, 0.2) is 0 Å². The predicted octanol–water partition coefficient (Wildman–Crippen LogP) is 1.69. The quantitative estimate of drug-likeness (QED) is 0.515. The molecule has 1 fully saturated rings. The highest BCUT2D eigenvalue weighted by Crippen LogP contribution is 2.32. The van der Waals surface area contributed by atoms with Crippen LogP contribution < -0.4 is 10.6 Å². The van der Waals surface area contributed by atoms with E-state index < -0.39 is 17.5 Å². The second kappa shape index (κ2) is 8.05. The summed E-state index contributed by atoms with van der Waals surface area (Å²) in [5.41, 5.74) is -1.12. The van der Waals surface area contributed by atoms with Gasteiger partial charge in [0.2, 0.25) is 0 Å². The van der Waals surface area contributed by atoms with Crippen LogP contribution in [0.25, 0.3) is 0 Å². The van der Waals surface area contributed by atoms with E-state index >= 15 is 0 Å². The zero-order valence-electron chi connectivity index (χ0n) is 11.8. The van der Waals surface area contributed by atoms with Gasteiger partial charge in [-0.2, -0.15) is 0 Å². The molecule has 5 nitrogen and oxygen atoms in total. The van der Waals surface area contributed by atoms with Gasteiger partial charge in [0.25, 0.3) is 0 Å². The summed E-state index contributed by atoms with van der Waals surface area (Å²) >= 11 is 1.55. The fourth-order valence-electron chi connectivity index (χ4n) is 2.54. The Kier molecular flexibility index (Phi) is 6.73. The van der Waals surface area contributed by atoms with Crippen molar-refractivity contribution in [1.82, 2.24) is 10.6 Å². The van der Waals surface area contributed by atoms with Gasteiger partial charge in [-0.1, -0.05) is 25.7 Å². The van der Waals surface area contributed by atoms with Crippen LogP contribution in [0.3, 0.4) is 0 Å². The van der Waals surface area contributed by atoms with Gasteiger partial charge in [-0.05, 0) is 18.8 Å². The summed E-state index contributed by atoms with van der Waals surface area (Å²) in [5, 5.41) is 14.8. The van der Waals surface area contributed by atoms with E-state index in [1.54, 1.807) is 11.8 Å². The van der Waals surface area contributed by atoms with Gasteiger partial charge < -0.3 is 15.7 Å². The number of nitrogens with one attached hydrogen (secondary N) is 2. The molecular weight excluding hydrogens is 276 g/mol. The number of rotatable bonds is 6. The van der Waals surface area contributed by atoms with Crippen LogP contribution in [0.5, 0.6) is 0 Å². The Balaban J connectivity index is 2.44. The first-order valence-corrected chi connectivity index (χ1v) is 7.96. The Morgan fingerprint density at radius 2 is 2.30 bits per heavy atom. The number of carbonyl (C=O) groups is 2. The number of aliphatic carboxylic acids is 1. The van der Waals surface area contributed by atoms with Crippen LogP contribution >= 0.6 is 11.8 Å². The molecular formula is C14H22N2O3S. The molecule has 112 valence electrons. The molecule has 0 aromatic carbocycles. The zero-order valence-corrected chi connectivity index (χ0v) is 12.6. The number of thioether (sulfide) groups is 1. The van der Waals surface area contributed by atoms with E-state index in [4.69, 9.17) is 6.42 Å². The molecule has 0 saturated heterocycles. The Morgan fingerprint density at radius 1 is 1.55 bits per heavy atom. The van der Waals surface area contributed by atoms with Crippen molar-refractivity contribution in [2.45, 2.75) is 38.1 Å². The first-order valence-electron chi connectivity index (χ1n) is 6.81. The summed E-state index contributed by atoms with van der Waals surface area (Å²) < 4.78 is 0. The number of carboxylic acids is 1. The minimum absolute atomic E-state index is 0.311. The van der Waals surface area contributed by atoms with Gasteiger partial charge in [-0.15, -0.1) is 18.2 Å². The lowest BCUT2D eigenvalue weighted by molar-refractivity contribution is -0.146. The van der Waals surface area contributed by atoms with Crippen molar-refractivity contribution in [3.05, 3.63) is 0 Å². The smallest absolute Gasteiger partial charge is 0.329 e. The molecule has 20 heavy (non-hydrogen) atoms. The summed E-state index contributed by atoms with van der Waals surface area (Å²) in [6, 6.07) is -0.414. The predicted molar refractivity (Wildman–Crippen MR) is 80.7 cm³/mol. The summed E-state index contributed by atoms with van der Waals surface area (Å²) in [6.07, 6.45) is 7.94. The third kappa shape index (κ3) is 4.97. The molecule has 2 amide bonds. The van der Waals surface area contributed by atoms with Crippen LogP contribution in [0.15, 0.2) is 0 Å². The summed E-state index contributed by atoms with van der Waals surface area (Å²) in [5.74, 6) is 3.20. The zero-order chi connectivity index (χ0) is 15.0. The van der Waals surface area contributed by atoms with Crippen LogP contribution in [-0.4, -0.2) is 40.7 Å². The Hall–Kier alpha value is -1.35. The second-order valence-electron chi connectivity index (χ2n) is 5.23. The van der Waals surface area contributed by atoms with E-state index in [9.17, 15) is 14.7 Å². The van der Waals surface area contributed by atoms with Gasteiger partial charge in [-0.3, -0.25) is 0 Å². The molecule has 0 aliphatic heterocycles. The summed E-state index contributed by atoms with van der Waals surface area (Å²) in [7, 11) is 0. The standard InChI is InChI=1S/C14H22N2O3S/c1-3-8-20-9-7-15-13(19)16-14(12(17)18)6-4-5-11(2)10-14/h1,11H,4-10H2,2H3,(H,17,18)(H2,15,16,19). The molecule has 6 heteroatoms. The van der Waals surface area contributed by atoms with Crippen molar-refractivity contribution >= 4 is 23.8 Å². The van der Waals surface area contributed by atoms with Crippen molar-refractivity contribution in [3.8, 4) is 12.3 Å². The first kappa shape index (κ1) is 16.7. The molecule has 0 spiro atoms. The topological polar surface area (TPSA) is 78.4 Å². The van der Waals surface area contributed by atoms with Crippen LogP contribution in [0.4, 0.5) is 4.79 Å². The SMILES string of the molecule is C#CCSCCNC(=O)NC1(C(=O)O)CCCC(C)C1. The normalized spacial score (nSPS) is 25.5. The average molecular weight is 298 g/mol. The van der Waals surface area contributed by atoms with Crippen molar-refractivity contribution < 1.29 is 14.7 Å². The molecule has 0 aromatic heterocycles. The molecule has 0 radical (unpaired) electrons.